The molecule has 2 aromatic rings. The van der Waals surface area contributed by atoms with Gasteiger partial charge >= 0.3 is 0 Å². The zero-order chi connectivity index (χ0) is 18.2. The Bertz CT molecular complexity index is 726. The highest BCUT2D eigenvalue weighted by Crippen LogP contribution is 2.20. The highest BCUT2D eigenvalue weighted by molar-refractivity contribution is 5.81. The van der Waals surface area contributed by atoms with E-state index in [1.807, 2.05) is 35.8 Å². The molecule has 0 fully saturated rings. The first-order chi connectivity index (χ1) is 12.1. The number of carbonyl (C=O) groups excluding carboxylic acids is 2. The smallest absolute Gasteiger partial charge is 0.240 e. The summed E-state index contributed by atoms with van der Waals surface area (Å²) in [5, 5.41) is 5.79. The Kier molecular flexibility index (Phi) is 6.94. The van der Waals surface area contributed by atoms with Gasteiger partial charge in [0.2, 0.25) is 11.8 Å². The van der Waals surface area contributed by atoms with Crippen molar-refractivity contribution in [3.8, 4) is 0 Å². The largest absolute Gasteiger partial charge is 0.385 e. The van der Waals surface area contributed by atoms with E-state index in [4.69, 9.17) is 4.74 Å². The number of para-hydroxylation sites is 2. The summed E-state index contributed by atoms with van der Waals surface area (Å²) in [5.41, 5.74) is 1.68. The summed E-state index contributed by atoms with van der Waals surface area (Å²) >= 11 is 0. The molecule has 0 spiro atoms. The van der Waals surface area contributed by atoms with Crippen LogP contribution in [0.3, 0.4) is 0 Å². The number of amides is 2. The molecule has 0 aliphatic carbocycles. The normalized spacial score (nSPS) is 12.1. The molecule has 0 aliphatic rings. The number of nitrogens with zero attached hydrogens (tertiary/aromatic N) is 2. The molecule has 2 N–H and O–H groups in total. The second-order valence-corrected chi connectivity index (χ2v) is 5.88. The van der Waals surface area contributed by atoms with Gasteiger partial charge < -0.3 is 19.9 Å². The molecule has 0 saturated heterocycles. The van der Waals surface area contributed by atoms with Gasteiger partial charge in [0, 0.05) is 26.7 Å². The quantitative estimate of drug-likeness (QED) is 0.678. The van der Waals surface area contributed by atoms with Crippen LogP contribution in [0, 0.1) is 0 Å². The van der Waals surface area contributed by atoms with Crippen molar-refractivity contribution in [3.63, 3.8) is 0 Å². The third kappa shape index (κ3) is 5.03. The fourth-order valence-electron chi connectivity index (χ4n) is 2.64. The van der Waals surface area contributed by atoms with Gasteiger partial charge in [-0.15, -0.1) is 0 Å². The van der Waals surface area contributed by atoms with E-state index >= 15 is 0 Å². The average Bonchev–Trinajstić information content (AvgIpc) is 2.97. The maximum Gasteiger partial charge on any atom is 0.240 e. The standard InChI is InChI=1S/C18H26N4O3/c1-4-16(23)20-13(2)18-21-14-8-5-6-9-15(14)22(18)12-17(24)19-10-7-11-25-3/h5-6,8-9,13H,4,7,10-12H2,1-3H3,(H,19,24)(H,20,23). The summed E-state index contributed by atoms with van der Waals surface area (Å²) in [5.74, 6) is 0.541. The number of nitrogens with one attached hydrogen (secondary N) is 2. The maximum atomic E-state index is 12.3. The van der Waals surface area contributed by atoms with E-state index in [9.17, 15) is 9.59 Å². The summed E-state index contributed by atoms with van der Waals surface area (Å²) in [6.45, 7) is 5.02. The van der Waals surface area contributed by atoms with Crippen LogP contribution in [0.1, 0.15) is 38.6 Å². The number of hydrogen-bond donors (Lipinski definition) is 2. The molecule has 136 valence electrons. The lowest BCUT2D eigenvalue weighted by molar-refractivity contribution is -0.122. The molecule has 1 aromatic carbocycles. The van der Waals surface area contributed by atoms with E-state index in [1.165, 1.54) is 0 Å². The van der Waals surface area contributed by atoms with Gasteiger partial charge in [0.15, 0.2) is 0 Å². The Morgan fingerprint density at radius 3 is 2.76 bits per heavy atom. The second kappa shape index (κ2) is 9.17. The van der Waals surface area contributed by atoms with E-state index in [0.717, 1.165) is 17.5 Å². The Balaban J connectivity index is 2.19. The molecule has 0 radical (unpaired) electrons. The Labute approximate surface area is 147 Å². The van der Waals surface area contributed by atoms with Crippen molar-refractivity contribution in [2.45, 2.75) is 39.3 Å². The van der Waals surface area contributed by atoms with Crippen LogP contribution >= 0.6 is 0 Å². The lowest BCUT2D eigenvalue weighted by Gasteiger charge is -2.16. The second-order valence-electron chi connectivity index (χ2n) is 5.88. The minimum absolute atomic E-state index is 0.0462. The first-order valence-electron chi connectivity index (χ1n) is 8.57. The van der Waals surface area contributed by atoms with Gasteiger partial charge in [-0.1, -0.05) is 19.1 Å². The Hall–Kier alpha value is -2.41. The number of ether oxygens (including phenoxy) is 1. The number of carbonyl (C=O) groups is 2. The van der Waals surface area contributed by atoms with Gasteiger partial charge in [0.05, 0.1) is 17.1 Å². The predicted octanol–water partition coefficient (Wildman–Crippen LogP) is 1.78. The highest BCUT2D eigenvalue weighted by Gasteiger charge is 2.19. The van der Waals surface area contributed by atoms with E-state index in [0.29, 0.717) is 25.4 Å². The number of imidazole rings is 1. The maximum absolute atomic E-state index is 12.3. The Morgan fingerprint density at radius 2 is 2.04 bits per heavy atom. The topological polar surface area (TPSA) is 85.2 Å². The van der Waals surface area contributed by atoms with Crippen LogP contribution in [-0.4, -0.2) is 41.6 Å². The third-order valence-electron chi connectivity index (χ3n) is 3.92. The van der Waals surface area contributed by atoms with Crippen LogP contribution in [0.2, 0.25) is 0 Å². The molecule has 2 rings (SSSR count). The SMILES string of the molecule is CCC(=O)NC(C)c1nc2ccccc2n1CC(=O)NCCCOC. The molecule has 2 amide bonds. The van der Waals surface area contributed by atoms with Gasteiger partial charge in [0.25, 0.3) is 0 Å². The number of aromatic nitrogens is 2. The van der Waals surface area contributed by atoms with Gasteiger partial charge in [-0.3, -0.25) is 9.59 Å². The van der Waals surface area contributed by atoms with Crippen LogP contribution < -0.4 is 10.6 Å². The van der Waals surface area contributed by atoms with Crippen LogP contribution in [0.4, 0.5) is 0 Å². The van der Waals surface area contributed by atoms with E-state index in [2.05, 4.69) is 15.6 Å². The van der Waals surface area contributed by atoms with Crippen molar-refractivity contribution >= 4 is 22.8 Å². The van der Waals surface area contributed by atoms with Gasteiger partial charge in [-0.25, -0.2) is 4.98 Å². The van der Waals surface area contributed by atoms with E-state index in [1.54, 1.807) is 14.0 Å². The molecule has 7 heteroatoms. The molecule has 0 aliphatic heterocycles. The van der Waals surface area contributed by atoms with Gasteiger partial charge in [-0.05, 0) is 25.5 Å². The molecule has 1 atom stereocenters. The van der Waals surface area contributed by atoms with Crippen molar-refractivity contribution in [2.24, 2.45) is 0 Å². The lowest BCUT2D eigenvalue weighted by Crippen LogP contribution is -2.32. The molecule has 1 aromatic heterocycles. The van der Waals surface area contributed by atoms with Crippen molar-refractivity contribution in [2.75, 3.05) is 20.3 Å². The minimum Gasteiger partial charge on any atom is -0.385 e. The third-order valence-corrected chi connectivity index (χ3v) is 3.92. The summed E-state index contributed by atoms with van der Waals surface area (Å²) in [6, 6.07) is 7.37. The lowest BCUT2D eigenvalue weighted by atomic mass is 10.3. The number of benzene rings is 1. The molecular formula is C18H26N4O3. The van der Waals surface area contributed by atoms with E-state index < -0.39 is 0 Å². The minimum atomic E-state index is -0.277. The average molecular weight is 346 g/mol. The molecule has 7 nitrogen and oxygen atoms in total. The van der Waals surface area contributed by atoms with Gasteiger partial charge in [0.1, 0.15) is 12.4 Å². The number of fused-ring (bicyclic) bond motifs is 1. The zero-order valence-electron chi connectivity index (χ0n) is 15.0. The summed E-state index contributed by atoms with van der Waals surface area (Å²) in [6.07, 6.45) is 1.17. The molecule has 0 saturated carbocycles. The van der Waals surface area contributed by atoms with Crippen LogP contribution in [0.15, 0.2) is 24.3 Å². The van der Waals surface area contributed by atoms with Crippen LogP contribution in [0.5, 0.6) is 0 Å². The van der Waals surface area contributed by atoms with E-state index in [-0.39, 0.29) is 24.4 Å². The predicted molar refractivity (Wildman–Crippen MR) is 96.1 cm³/mol. The van der Waals surface area contributed by atoms with Crippen molar-refractivity contribution < 1.29 is 14.3 Å². The first kappa shape index (κ1) is 18.9. The zero-order valence-corrected chi connectivity index (χ0v) is 15.0. The van der Waals surface area contributed by atoms with Crippen LogP contribution in [-0.2, 0) is 20.9 Å². The number of methoxy groups -OCH3 is 1. The fourth-order valence-corrected chi connectivity index (χ4v) is 2.64. The summed E-state index contributed by atoms with van der Waals surface area (Å²) < 4.78 is 6.84. The molecule has 1 unspecified atom stereocenters. The molecule has 25 heavy (non-hydrogen) atoms. The summed E-state index contributed by atoms with van der Waals surface area (Å²) in [4.78, 5) is 28.6. The molecular weight excluding hydrogens is 320 g/mol. The van der Waals surface area contributed by atoms with Crippen molar-refractivity contribution in [1.29, 1.82) is 0 Å². The highest BCUT2D eigenvalue weighted by atomic mass is 16.5. The first-order valence-corrected chi connectivity index (χ1v) is 8.57. The molecule has 0 bridgehead atoms. The fraction of sp³-hybridized carbons (Fsp3) is 0.500. The van der Waals surface area contributed by atoms with Crippen LogP contribution in [0.25, 0.3) is 11.0 Å². The van der Waals surface area contributed by atoms with Gasteiger partial charge in [-0.2, -0.15) is 0 Å². The Morgan fingerprint density at radius 1 is 1.28 bits per heavy atom. The number of rotatable bonds is 9. The monoisotopic (exact) mass is 346 g/mol. The number of hydrogen-bond acceptors (Lipinski definition) is 4. The summed E-state index contributed by atoms with van der Waals surface area (Å²) in [7, 11) is 1.64. The van der Waals surface area contributed by atoms with Crippen molar-refractivity contribution in [3.05, 3.63) is 30.1 Å². The van der Waals surface area contributed by atoms with Crippen molar-refractivity contribution in [1.82, 2.24) is 20.2 Å². The molecule has 1 heterocycles.